The molecule has 0 radical (unpaired) electrons. The first-order valence-corrected chi connectivity index (χ1v) is 13.9. The molecule has 200 valence electrons. The Kier molecular flexibility index (Phi) is 10.6. The molecule has 1 unspecified atom stereocenters. The van der Waals surface area contributed by atoms with Gasteiger partial charge >= 0.3 is 0 Å². The van der Waals surface area contributed by atoms with Crippen molar-refractivity contribution in [2.75, 3.05) is 46.1 Å². The van der Waals surface area contributed by atoms with E-state index in [1.54, 1.807) is 0 Å². The van der Waals surface area contributed by atoms with Crippen LogP contribution in [0.5, 0.6) is 5.75 Å². The molecule has 2 fully saturated rings. The van der Waals surface area contributed by atoms with Crippen LogP contribution in [-0.2, 0) is 20.6 Å². The summed E-state index contributed by atoms with van der Waals surface area (Å²) in [6, 6.07) is 8.14. The zero-order valence-corrected chi connectivity index (χ0v) is 23.0. The number of ether oxygens (including phenoxy) is 4. The summed E-state index contributed by atoms with van der Waals surface area (Å²) < 4.78 is 23.8. The molecule has 0 aromatic heterocycles. The number of terminal acetylenes is 1. The lowest BCUT2D eigenvalue weighted by Crippen LogP contribution is -2.47. The summed E-state index contributed by atoms with van der Waals surface area (Å²) >= 11 is 3.52. The summed E-state index contributed by atoms with van der Waals surface area (Å²) in [6.45, 7) is 4.16. The predicted octanol–water partition coefficient (Wildman–Crippen LogP) is 4.59. The molecule has 4 rings (SSSR count). The van der Waals surface area contributed by atoms with Gasteiger partial charge in [-0.1, -0.05) is 24.1 Å². The molecule has 0 saturated carbocycles. The largest absolute Gasteiger partial charge is 0.491 e. The maximum Gasteiger partial charge on any atom is 0.228 e. The van der Waals surface area contributed by atoms with Crippen LogP contribution in [-0.4, -0.2) is 73.7 Å². The predicted molar refractivity (Wildman–Crippen MR) is 148 cm³/mol. The summed E-state index contributed by atoms with van der Waals surface area (Å²) in [7, 11) is 0. The van der Waals surface area contributed by atoms with Crippen molar-refractivity contribution in [3.05, 3.63) is 52.3 Å². The Bertz CT molecular complexity index is 998. The summed E-state index contributed by atoms with van der Waals surface area (Å²) in [4.78, 5) is 6.97. The maximum atomic E-state index is 10.5. The lowest BCUT2D eigenvalue weighted by atomic mass is 10.0. The van der Waals surface area contributed by atoms with E-state index in [-0.39, 0.29) is 19.0 Å². The van der Waals surface area contributed by atoms with E-state index in [1.165, 1.54) is 5.56 Å². The van der Waals surface area contributed by atoms with Crippen LogP contribution in [0.25, 0.3) is 0 Å². The molecule has 0 bridgehead atoms. The third-order valence-electron chi connectivity index (χ3n) is 6.82. The molecule has 7 nitrogen and oxygen atoms in total. The molecule has 8 heteroatoms. The van der Waals surface area contributed by atoms with Gasteiger partial charge in [-0.2, -0.15) is 0 Å². The highest BCUT2D eigenvalue weighted by atomic mass is 79.9. The van der Waals surface area contributed by atoms with Gasteiger partial charge in [-0.3, -0.25) is 0 Å². The van der Waals surface area contributed by atoms with Crippen LogP contribution in [0, 0.1) is 12.3 Å². The summed E-state index contributed by atoms with van der Waals surface area (Å²) in [5.41, 5.74) is 2.37. The molecular weight excluding hydrogens is 536 g/mol. The van der Waals surface area contributed by atoms with Crippen molar-refractivity contribution in [3.8, 4) is 18.1 Å². The van der Waals surface area contributed by atoms with Crippen molar-refractivity contribution in [2.45, 2.75) is 56.8 Å². The molecule has 1 aromatic rings. The van der Waals surface area contributed by atoms with E-state index in [1.807, 2.05) is 18.2 Å². The van der Waals surface area contributed by atoms with Crippen LogP contribution in [0.4, 0.5) is 0 Å². The molecule has 1 N–H and O–H groups in total. The van der Waals surface area contributed by atoms with Crippen LogP contribution in [0.2, 0.25) is 0 Å². The highest BCUT2D eigenvalue weighted by Crippen LogP contribution is 2.31. The normalized spacial score (nSPS) is 24.9. The molecular formula is C29H37BrN2O5. The zero-order chi connectivity index (χ0) is 25.9. The second-order valence-electron chi connectivity index (χ2n) is 9.64. The summed E-state index contributed by atoms with van der Waals surface area (Å²) in [6.07, 6.45) is 15.3. The third-order valence-corrected chi connectivity index (χ3v) is 7.42. The molecule has 3 heterocycles. The van der Waals surface area contributed by atoms with Crippen molar-refractivity contribution in [1.82, 2.24) is 4.90 Å². The lowest BCUT2D eigenvalue weighted by molar-refractivity contribution is -0.186. The van der Waals surface area contributed by atoms with E-state index in [4.69, 9.17) is 30.4 Å². The molecule has 1 atom stereocenters. The first-order chi connectivity index (χ1) is 18.0. The zero-order valence-electron chi connectivity index (χ0n) is 21.4. The standard InChI is InChI=1S/C29H37BrN2O5/c1-2-18-34-28-27(30)9-4-3-7-24(31-28)8-5-6-23-10-12-26(13-11-23)35-22-25(33)21-32-16-14-29(15-17-32)36-19-20-37-29/h1,4,9-13,25,33H,3,5-8,14-22H2/b9-4-,28-27-,31-24+. The minimum absolute atomic E-state index is 0.199. The highest BCUT2D eigenvalue weighted by molar-refractivity contribution is 9.11. The SMILES string of the molecule is C#CCOC1=C(Br)/C=C\CC/C(CCCc2ccc(OCC(O)CN3CCC4(CC3)OCCO4)cc2)=N\1. The second kappa shape index (κ2) is 14.1. The van der Waals surface area contributed by atoms with Crippen LogP contribution in [0.1, 0.15) is 44.1 Å². The number of aliphatic hydroxyl groups excluding tert-OH is 1. The molecule has 1 spiro atoms. The van der Waals surface area contributed by atoms with Gasteiger partial charge < -0.3 is 29.0 Å². The van der Waals surface area contributed by atoms with Crippen LogP contribution < -0.4 is 4.74 Å². The van der Waals surface area contributed by atoms with Gasteiger partial charge in [0.1, 0.15) is 18.5 Å². The smallest absolute Gasteiger partial charge is 0.228 e. The number of hydrogen-bond donors (Lipinski definition) is 1. The first-order valence-electron chi connectivity index (χ1n) is 13.1. The van der Waals surface area contributed by atoms with Crippen molar-refractivity contribution in [3.63, 3.8) is 0 Å². The van der Waals surface area contributed by atoms with Gasteiger partial charge in [-0.25, -0.2) is 4.99 Å². The number of aliphatic imine (C=N–C) groups is 1. The maximum absolute atomic E-state index is 10.5. The number of halogens is 1. The Hall–Kier alpha value is -2.15. The molecule has 2 saturated heterocycles. The molecule has 1 aromatic carbocycles. The van der Waals surface area contributed by atoms with Gasteiger partial charge in [0.15, 0.2) is 12.4 Å². The number of allylic oxidation sites excluding steroid dienone is 3. The Morgan fingerprint density at radius 2 is 1.89 bits per heavy atom. The average Bonchev–Trinajstić information content (AvgIpc) is 3.36. The fourth-order valence-corrected chi connectivity index (χ4v) is 5.20. The Balaban J connectivity index is 1.16. The van der Waals surface area contributed by atoms with Crippen molar-refractivity contribution in [1.29, 1.82) is 0 Å². The number of aryl methyl sites for hydroxylation is 1. The van der Waals surface area contributed by atoms with E-state index >= 15 is 0 Å². The lowest BCUT2D eigenvalue weighted by Gasteiger charge is -2.38. The number of aliphatic hydroxyl groups is 1. The van der Waals surface area contributed by atoms with E-state index in [0.717, 1.165) is 74.0 Å². The van der Waals surface area contributed by atoms with Crippen LogP contribution in [0.15, 0.2) is 51.8 Å². The fourth-order valence-electron chi connectivity index (χ4n) is 4.81. The number of piperidine rings is 1. The van der Waals surface area contributed by atoms with Gasteiger partial charge in [-0.15, -0.1) is 6.42 Å². The first kappa shape index (κ1) is 27.9. The Morgan fingerprint density at radius 3 is 2.62 bits per heavy atom. The number of β-amino-alcohol motifs (C(OH)–C–C–N with tert-alkyl or cyclic N) is 1. The molecule has 0 aliphatic carbocycles. The molecule has 37 heavy (non-hydrogen) atoms. The number of benzene rings is 1. The quantitative estimate of drug-likeness (QED) is 0.391. The van der Waals surface area contributed by atoms with Gasteiger partial charge in [0.25, 0.3) is 0 Å². The van der Waals surface area contributed by atoms with Crippen molar-refractivity contribution in [2.24, 2.45) is 4.99 Å². The van der Waals surface area contributed by atoms with Crippen molar-refractivity contribution >= 4 is 21.6 Å². The second-order valence-corrected chi connectivity index (χ2v) is 10.5. The van der Waals surface area contributed by atoms with Crippen molar-refractivity contribution < 1.29 is 24.1 Å². The van der Waals surface area contributed by atoms with Gasteiger partial charge in [0.2, 0.25) is 5.88 Å². The molecule has 3 aliphatic rings. The van der Waals surface area contributed by atoms with E-state index in [2.05, 4.69) is 45.0 Å². The fraction of sp³-hybridized carbons (Fsp3) is 0.552. The van der Waals surface area contributed by atoms with Gasteiger partial charge in [0.05, 0.1) is 17.7 Å². The minimum Gasteiger partial charge on any atom is -0.491 e. The average molecular weight is 574 g/mol. The summed E-state index contributed by atoms with van der Waals surface area (Å²) in [5, 5.41) is 10.5. The summed E-state index contributed by atoms with van der Waals surface area (Å²) in [5.74, 6) is 3.43. The van der Waals surface area contributed by atoms with Crippen LogP contribution >= 0.6 is 15.9 Å². The number of nitrogens with zero attached hydrogens (tertiary/aromatic N) is 2. The monoisotopic (exact) mass is 572 g/mol. The van der Waals surface area contributed by atoms with E-state index in [9.17, 15) is 5.11 Å². The Morgan fingerprint density at radius 1 is 1.14 bits per heavy atom. The highest BCUT2D eigenvalue weighted by Gasteiger charge is 2.39. The van der Waals surface area contributed by atoms with E-state index in [0.29, 0.717) is 25.6 Å². The van der Waals surface area contributed by atoms with Gasteiger partial charge in [0, 0.05) is 38.2 Å². The third kappa shape index (κ3) is 8.69. The number of hydrogen-bond acceptors (Lipinski definition) is 7. The van der Waals surface area contributed by atoms with Crippen LogP contribution in [0.3, 0.4) is 0 Å². The minimum atomic E-state index is -0.540. The number of likely N-dealkylation sites (tertiary alicyclic amines) is 1. The van der Waals surface area contributed by atoms with E-state index < -0.39 is 6.10 Å². The topological polar surface area (TPSA) is 72.8 Å². The molecule has 0 amide bonds. The van der Waals surface area contributed by atoms with Gasteiger partial charge in [-0.05, 0) is 71.8 Å². The molecule has 3 aliphatic heterocycles. The Labute approximate surface area is 228 Å². The number of rotatable bonds is 11.